The van der Waals surface area contributed by atoms with Gasteiger partial charge < -0.3 is 5.11 Å². The summed E-state index contributed by atoms with van der Waals surface area (Å²) in [5, 5.41) is 8.97. The van der Waals surface area contributed by atoms with E-state index in [1.165, 1.54) is 44.9 Å². The van der Waals surface area contributed by atoms with Crippen molar-refractivity contribution in [2.75, 3.05) is 0 Å². The summed E-state index contributed by atoms with van der Waals surface area (Å²) in [6.07, 6.45) is 12.3. The molecule has 0 aliphatic carbocycles. The third-order valence-corrected chi connectivity index (χ3v) is 2.32. The van der Waals surface area contributed by atoms with Crippen molar-refractivity contribution in [3.05, 3.63) is 6.42 Å². The molecule has 1 nitrogen and oxygen atoms in total. The SMILES string of the molecule is CCCCCCCCC[CH]C(C)O. The van der Waals surface area contributed by atoms with Crippen LogP contribution in [0.3, 0.4) is 0 Å². The molecular weight excluding hydrogens is 160 g/mol. The van der Waals surface area contributed by atoms with Gasteiger partial charge in [0.25, 0.3) is 0 Å². The first kappa shape index (κ1) is 13.0. The van der Waals surface area contributed by atoms with Gasteiger partial charge in [0.1, 0.15) is 0 Å². The third kappa shape index (κ3) is 12.0. The molecule has 13 heavy (non-hydrogen) atoms. The van der Waals surface area contributed by atoms with E-state index >= 15 is 0 Å². The van der Waals surface area contributed by atoms with Crippen molar-refractivity contribution in [1.82, 2.24) is 0 Å². The van der Waals surface area contributed by atoms with Gasteiger partial charge in [-0.3, -0.25) is 0 Å². The highest BCUT2D eigenvalue weighted by molar-refractivity contribution is 4.70. The molecule has 1 N–H and O–H groups in total. The van der Waals surface area contributed by atoms with Crippen molar-refractivity contribution >= 4 is 0 Å². The van der Waals surface area contributed by atoms with Crippen molar-refractivity contribution in [2.24, 2.45) is 0 Å². The minimum atomic E-state index is -0.222. The first-order chi connectivity index (χ1) is 6.27. The number of aliphatic hydroxyl groups is 1. The maximum atomic E-state index is 8.97. The average Bonchev–Trinajstić information content (AvgIpc) is 2.09. The molecule has 1 unspecified atom stereocenters. The normalized spacial score (nSPS) is 13.2. The van der Waals surface area contributed by atoms with E-state index in [0.29, 0.717) is 0 Å². The van der Waals surface area contributed by atoms with Gasteiger partial charge in [-0.1, -0.05) is 51.9 Å². The van der Waals surface area contributed by atoms with E-state index in [-0.39, 0.29) is 6.10 Å². The van der Waals surface area contributed by atoms with E-state index in [9.17, 15) is 0 Å². The summed E-state index contributed by atoms with van der Waals surface area (Å²) in [6.45, 7) is 4.07. The molecule has 1 radical (unpaired) electrons. The van der Waals surface area contributed by atoms with Gasteiger partial charge in [-0.2, -0.15) is 0 Å². The average molecular weight is 185 g/mol. The summed E-state index contributed by atoms with van der Waals surface area (Å²) in [5.74, 6) is 0. The van der Waals surface area contributed by atoms with Gasteiger partial charge in [0, 0.05) is 0 Å². The summed E-state index contributed by atoms with van der Waals surface area (Å²) in [5.41, 5.74) is 0. The van der Waals surface area contributed by atoms with Gasteiger partial charge in [0.15, 0.2) is 0 Å². The van der Waals surface area contributed by atoms with E-state index in [4.69, 9.17) is 5.11 Å². The molecule has 0 amide bonds. The molecule has 0 fully saturated rings. The van der Waals surface area contributed by atoms with E-state index in [1.54, 1.807) is 0 Å². The summed E-state index contributed by atoms with van der Waals surface area (Å²) < 4.78 is 0. The van der Waals surface area contributed by atoms with Gasteiger partial charge in [0.05, 0.1) is 6.10 Å². The highest BCUT2D eigenvalue weighted by atomic mass is 16.3. The monoisotopic (exact) mass is 185 g/mol. The van der Waals surface area contributed by atoms with Crippen molar-refractivity contribution in [3.8, 4) is 0 Å². The van der Waals surface area contributed by atoms with E-state index in [1.807, 2.05) is 13.3 Å². The summed E-state index contributed by atoms with van der Waals surface area (Å²) in [7, 11) is 0. The van der Waals surface area contributed by atoms with Crippen LogP contribution in [0.5, 0.6) is 0 Å². The van der Waals surface area contributed by atoms with Gasteiger partial charge in [-0.15, -0.1) is 0 Å². The van der Waals surface area contributed by atoms with E-state index < -0.39 is 0 Å². The largest absolute Gasteiger partial charge is 0.393 e. The maximum Gasteiger partial charge on any atom is 0.0543 e. The van der Waals surface area contributed by atoms with Crippen molar-refractivity contribution in [2.45, 2.75) is 71.3 Å². The van der Waals surface area contributed by atoms with Crippen LogP contribution in [0, 0.1) is 6.42 Å². The lowest BCUT2D eigenvalue weighted by molar-refractivity contribution is 0.222. The lowest BCUT2D eigenvalue weighted by Crippen LogP contribution is -1.99. The summed E-state index contributed by atoms with van der Waals surface area (Å²) in [6, 6.07) is 0. The fraction of sp³-hybridized carbons (Fsp3) is 0.917. The zero-order valence-electron chi connectivity index (χ0n) is 9.26. The van der Waals surface area contributed by atoms with Crippen LogP contribution >= 0.6 is 0 Å². The first-order valence-electron chi connectivity index (χ1n) is 5.78. The quantitative estimate of drug-likeness (QED) is 0.543. The lowest BCUT2D eigenvalue weighted by atomic mass is 10.1. The fourth-order valence-corrected chi connectivity index (χ4v) is 1.46. The molecule has 0 aromatic carbocycles. The Kier molecular flexibility index (Phi) is 10.0. The maximum absolute atomic E-state index is 8.97. The standard InChI is InChI=1S/C12H25O/c1-3-4-5-6-7-8-9-10-11-12(2)13/h11-13H,3-10H2,1-2H3. The Hall–Kier alpha value is -0.0400. The van der Waals surface area contributed by atoms with Crippen LogP contribution < -0.4 is 0 Å². The zero-order chi connectivity index (χ0) is 9.94. The zero-order valence-corrected chi connectivity index (χ0v) is 9.26. The predicted molar refractivity (Wildman–Crippen MR) is 58.6 cm³/mol. The van der Waals surface area contributed by atoms with Crippen molar-refractivity contribution in [3.63, 3.8) is 0 Å². The van der Waals surface area contributed by atoms with E-state index in [0.717, 1.165) is 6.42 Å². The Morgan fingerprint density at radius 2 is 1.54 bits per heavy atom. The Bertz CT molecular complexity index is 89.1. The molecule has 0 saturated carbocycles. The lowest BCUT2D eigenvalue weighted by Gasteiger charge is -2.03. The second-order valence-corrected chi connectivity index (χ2v) is 3.89. The van der Waals surface area contributed by atoms with Gasteiger partial charge in [0.2, 0.25) is 0 Å². The van der Waals surface area contributed by atoms with Gasteiger partial charge in [-0.25, -0.2) is 0 Å². The van der Waals surface area contributed by atoms with Crippen LogP contribution in [-0.4, -0.2) is 11.2 Å². The Morgan fingerprint density at radius 1 is 1.00 bits per heavy atom. The molecule has 0 aliphatic rings. The second-order valence-electron chi connectivity index (χ2n) is 3.89. The molecule has 0 aromatic rings. The number of hydrogen-bond donors (Lipinski definition) is 1. The van der Waals surface area contributed by atoms with Crippen molar-refractivity contribution in [1.29, 1.82) is 0 Å². The number of hydrogen-bond acceptors (Lipinski definition) is 1. The molecule has 0 spiro atoms. The van der Waals surface area contributed by atoms with Gasteiger partial charge >= 0.3 is 0 Å². The smallest absolute Gasteiger partial charge is 0.0543 e. The number of aliphatic hydroxyl groups excluding tert-OH is 1. The fourth-order valence-electron chi connectivity index (χ4n) is 1.46. The minimum absolute atomic E-state index is 0.222. The molecule has 79 valence electrons. The second kappa shape index (κ2) is 10.0. The highest BCUT2D eigenvalue weighted by Crippen LogP contribution is 2.09. The van der Waals surface area contributed by atoms with Crippen LogP contribution in [0.15, 0.2) is 0 Å². The molecule has 0 aromatic heterocycles. The molecule has 0 rings (SSSR count). The van der Waals surface area contributed by atoms with Gasteiger partial charge in [-0.05, 0) is 19.8 Å². The predicted octanol–water partition coefficient (Wildman–Crippen LogP) is 3.71. The first-order valence-corrected chi connectivity index (χ1v) is 5.78. The molecule has 1 atom stereocenters. The molecular formula is C12H25O. The molecule has 0 saturated heterocycles. The van der Waals surface area contributed by atoms with E-state index in [2.05, 4.69) is 6.92 Å². The highest BCUT2D eigenvalue weighted by Gasteiger charge is 1.95. The topological polar surface area (TPSA) is 20.2 Å². The molecule has 1 heteroatoms. The Balaban J connectivity index is 2.84. The van der Waals surface area contributed by atoms with Crippen LogP contribution in [0.4, 0.5) is 0 Å². The minimum Gasteiger partial charge on any atom is -0.393 e. The van der Waals surface area contributed by atoms with Crippen LogP contribution in [-0.2, 0) is 0 Å². The third-order valence-electron chi connectivity index (χ3n) is 2.32. The van der Waals surface area contributed by atoms with Crippen molar-refractivity contribution < 1.29 is 5.11 Å². The van der Waals surface area contributed by atoms with Crippen LogP contribution in [0.1, 0.15) is 65.2 Å². The molecule has 0 heterocycles. The van der Waals surface area contributed by atoms with Crippen LogP contribution in [0.25, 0.3) is 0 Å². The number of rotatable bonds is 9. The van der Waals surface area contributed by atoms with Crippen LogP contribution in [0.2, 0.25) is 0 Å². The summed E-state index contributed by atoms with van der Waals surface area (Å²) in [4.78, 5) is 0. The Morgan fingerprint density at radius 3 is 2.08 bits per heavy atom. The summed E-state index contributed by atoms with van der Waals surface area (Å²) >= 11 is 0. The molecule has 0 bridgehead atoms. The molecule has 0 aliphatic heterocycles. The number of unbranched alkanes of at least 4 members (excludes halogenated alkanes) is 7. The Labute approximate surface area is 83.5 Å².